The number of anilines is 1. The van der Waals surface area contributed by atoms with Crippen molar-refractivity contribution in [2.75, 3.05) is 18.2 Å². The predicted molar refractivity (Wildman–Crippen MR) is 120 cm³/mol. The van der Waals surface area contributed by atoms with Gasteiger partial charge in [-0.15, -0.1) is 10.2 Å². The second-order valence-electron chi connectivity index (χ2n) is 6.88. The van der Waals surface area contributed by atoms with Gasteiger partial charge in [-0.05, 0) is 49.7 Å². The molecular formula is C22H24FN5O3S. The minimum Gasteiger partial charge on any atom is -0.497 e. The Hall–Kier alpha value is -3.40. The number of aromatic nitrogens is 3. The first-order chi connectivity index (χ1) is 15.4. The number of amides is 2. The number of hydrogen-bond donors (Lipinski definition) is 2. The van der Waals surface area contributed by atoms with Gasteiger partial charge in [-0.2, -0.15) is 0 Å². The zero-order chi connectivity index (χ0) is 23.1. The Morgan fingerprint density at radius 1 is 1.19 bits per heavy atom. The summed E-state index contributed by atoms with van der Waals surface area (Å²) in [6, 6.07) is 11.5. The zero-order valence-corrected chi connectivity index (χ0v) is 18.8. The Bertz CT molecular complexity index is 1120. The summed E-state index contributed by atoms with van der Waals surface area (Å²) in [4.78, 5) is 24.6. The molecule has 0 aliphatic heterocycles. The van der Waals surface area contributed by atoms with E-state index in [1.807, 2.05) is 11.5 Å². The van der Waals surface area contributed by atoms with Crippen LogP contribution in [0.25, 0.3) is 0 Å². The first-order valence-electron chi connectivity index (χ1n) is 9.94. The number of thioether (sulfide) groups is 1. The van der Waals surface area contributed by atoms with Crippen LogP contribution in [0.2, 0.25) is 0 Å². The highest BCUT2D eigenvalue weighted by Gasteiger charge is 2.15. The second kappa shape index (κ2) is 10.8. The molecule has 2 aromatic carbocycles. The number of halogens is 1. The quantitative estimate of drug-likeness (QED) is 0.478. The van der Waals surface area contributed by atoms with Gasteiger partial charge in [-0.3, -0.25) is 9.59 Å². The molecule has 0 bridgehead atoms. The molecule has 0 aliphatic carbocycles. The van der Waals surface area contributed by atoms with Crippen molar-refractivity contribution in [3.63, 3.8) is 0 Å². The smallest absolute Gasteiger partial charge is 0.251 e. The standard InChI is InChI=1S/C22H24FN5O3S/c1-4-28-19(12-24-21(30)15-6-5-7-16(11-15)31-3)26-27-22(28)32-13-20(29)25-18-9-8-14(2)10-17(18)23/h5-11H,4,12-13H2,1-3H3,(H,24,30)(H,25,29). The van der Waals surface area contributed by atoms with Crippen LogP contribution in [-0.4, -0.2) is 39.4 Å². The molecule has 10 heteroatoms. The molecule has 8 nitrogen and oxygen atoms in total. The lowest BCUT2D eigenvalue weighted by Crippen LogP contribution is -2.24. The van der Waals surface area contributed by atoms with Crippen molar-refractivity contribution in [1.82, 2.24) is 20.1 Å². The number of benzene rings is 2. The molecule has 2 amide bonds. The van der Waals surface area contributed by atoms with E-state index in [1.165, 1.54) is 31.0 Å². The summed E-state index contributed by atoms with van der Waals surface area (Å²) in [5, 5.41) is 14.2. The average Bonchev–Trinajstić information content (AvgIpc) is 3.19. The van der Waals surface area contributed by atoms with Crippen LogP contribution in [-0.2, 0) is 17.9 Å². The predicted octanol–water partition coefficient (Wildman–Crippen LogP) is 3.41. The summed E-state index contributed by atoms with van der Waals surface area (Å²) < 4.78 is 20.9. The molecule has 0 radical (unpaired) electrons. The Kier molecular flexibility index (Phi) is 7.82. The molecule has 0 fully saturated rings. The van der Waals surface area contributed by atoms with Crippen LogP contribution in [0, 0.1) is 12.7 Å². The fourth-order valence-electron chi connectivity index (χ4n) is 2.94. The number of rotatable bonds is 9. The average molecular weight is 458 g/mol. The van der Waals surface area contributed by atoms with Gasteiger partial charge in [0.05, 0.1) is 25.1 Å². The molecule has 0 atom stereocenters. The number of nitrogens with one attached hydrogen (secondary N) is 2. The maximum Gasteiger partial charge on any atom is 0.251 e. The van der Waals surface area contributed by atoms with Crippen molar-refractivity contribution in [2.45, 2.75) is 32.1 Å². The number of hydrogen-bond acceptors (Lipinski definition) is 6. The van der Waals surface area contributed by atoms with E-state index in [2.05, 4.69) is 20.8 Å². The normalized spacial score (nSPS) is 10.6. The van der Waals surface area contributed by atoms with E-state index in [-0.39, 0.29) is 29.8 Å². The van der Waals surface area contributed by atoms with Crippen LogP contribution in [0.1, 0.15) is 28.7 Å². The fourth-order valence-corrected chi connectivity index (χ4v) is 3.76. The van der Waals surface area contributed by atoms with Crippen LogP contribution < -0.4 is 15.4 Å². The van der Waals surface area contributed by atoms with Crippen LogP contribution in [0.15, 0.2) is 47.6 Å². The van der Waals surface area contributed by atoms with E-state index in [0.717, 1.165) is 5.56 Å². The Balaban J connectivity index is 1.58. The number of carbonyl (C=O) groups excluding carboxylic acids is 2. The first kappa shape index (κ1) is 23.3. The third-order valence-electron chi connectivity index (χ3n) is 4.58. The molecule has 2 N–H and O–H groups in total. The van der Waals surface area contributed by atoms with Gasteiger partial charge in [0.2, 0.25) is 5.91 Å². The van der Waals surface area contributed by atoms with Gasteiger partial charge in [0.25, 0.3) is 5.91 Å². The molecule has 1 heterocycles. The summed E-state index contributed by atoms with van der Waals surface area (Å²) in [5.41, 5.74) is 1.39. The molecule has 3 aromatic rings. The minimum absolute atomic E-state index is 0.0433. The molecule has 0 saturated heterocycles. The van der Waals surface area contributed by atoms with E-state index in [9.17, 15) is 14.0 Å². The van der Waals surface area contributed by atoms with Crippen LogP contribution in [0.3, 0.4) is 0 Å². The summed E-state index contributed by atoms with van der Waals surface area (Å²) in [6.45, 7) is 4.44. The summed E-state index contributed by atoms with van der Waals surface area (Å²) in [6.07, 6.45) is 0. The maximum atomic E-state index is 13.9. The van der Waals surface area contributed by atoms with Crippen LogP contribution >= 0.6 is 11.8 Å². The molecule has 168 valence electrons. The van der Waals surface area contributed by atoms with Crippen molar-refractivity contribution in [3.8, 4) is 5.75 Å². The number of carbonyl (C=O) groups is 2. The van der Waals surface area contributed by atoms with E-state index < -0.39 is 5.82 Å². The Morgan fingerprint density at radius 3 is 2.72 bits per heavy atom. The zero-order valence-electron chi connectivity index (χ0n) is 18.0. The largest absolute Gasteiger partial charge is 0.497 e. The third-order valence-corrected chi connectivity index (χ3v) is 5.55. The molecule has 0 aliphatic rings. The Labute approximate surface area is 189 Å². The third kappa shape index (κ3) is 5.85. The van der Waals surface area contributed by atoms with Gasteiger partial charge < -0.3 is 19.9 Å². The lowest BCUT2D eigenvalue weighted by molar-refractivity contribution is -0.113. The van der Waals surface area contributed by atoms with E-state index in [0.29, 0.717) is 28.8 Å². The molecule has 3 rings (SSSR count). The summed E-state index contributed by atoms with van der Waals surface area (Å²) in [5.74, 6) is 0.114. The first-order valence-corrected chi connectivity index (χ1v) is 10.9. The van der Waals surface area contributed by atoms with Crippen molar-refractivity contribution >= 4 is 29.3 Å². The highest BCUT2D eigenvalue weighted by atomic mass is 32.2. The topological polar surface area (TPSA) is 98.1 Å². The SMILES string of the molecule is CCn1c(CNC(=O)c2cccc(OC)c2)nnc1SCC(=O)Nc1ccc(C)cc1F. The second-order valence-corrected chi connectivity index (χ2v) is 7.82. The minimum atomic E-state index is -0.478. The van der Waals surface area contributed by atoms with E-state index >= 15 is 0 Å². The Morgan fingerprint density at radius 2 is 2.00 bits per heavy atom. The molecule has 32 heavy (non-hydrogen) atoms. The van der Waals surface area contributed by atoms with Crippen LogP contribution in [0.4, 0.5) is 10.1 Å². The molecule has 0 saturated carbocycles. The lowest BCUT2D eigenvalue weighted by atomic mass is 10.2. The van der Waals surface area contributed by atoms with E-state index in [4.69, 9.17) is 4.74 Å². The van der Waals surface area contributed by atoms with Crippen molar-refractivity contribution < 1.29 is 18.7 Å². The molecular weight excluding hydrogens is 433 g/mol. The molecule has 0 unspecified atom stereocenters. The number of aryl methyl sites for hydroxylation is 1. The fraction of sp³-hybridized carbons (Fsp3) is 0.273. The van der Waals surface area contributed by atoms with Gasteiger partial charge in [0, 0.05) is 12.1 Å². The van der Waals surface area contributed by atoms with Crippen molar-refractivity contribution in [3.05, 3.63) is 65.2 Å². The lowest BCUT2D eigenvalue weighted by Gasteiger charge is -2.09. The van der Waals surface area contributed by atoms with Crippen molar-refractivity contribution in [1.29, 1.82) is 0 Å². The molecule has 1 aromatic heterocycles. The summed E-state index contributed by atoms with van der Waals surface area (Å²) in [7, 11) is 1.54. The maximum absolute atomic E-state index is 13.9. The molecule has 0 spiro atoms. The van der Waals surface area contributed by atoms with Crippen LogP contribution in [0.5, 0.6) is 5.75 Å². The van der Waals surface area contributed by atoms with Gasteiger partial charge in [0.1, 0.15) is 11.6 Å². The van der Waals surface area contributed by atoms with Gasteiger partial charge >= 0.3 is 0 Å². The van der Waals surface area contributed by atoms with Crippen molar-refractivity contribution in [2.24, 2.45) is 0 Å². The highest BCUT2D eigenvalue weighted by molar-refractivity contribution is 7.99. The summed E-state index contributed by atoms with van der Waals surface area (Å²) >= 11 is 1.19. The van der Waals surface area contributed by atoms with Gasteiger partial charge in [-0.25, -0.2) is 4.39 Å². The number of methoxy groups -OCH3 is 1. The van der Waals surface area contributed by atoms with E-state index in [1.54, 1.807) is 37.3 Å². The van der Waals surface area contributed by atoms with Gasteiger partial charge in [-0.1, -0.05) is 23.9 Å². The number of ether oxygens (including phenoxy) is 1. The number of nitrogens with zero attached hydrogens (tertiary/aromatic N) is 3. The highest BCUT2D eigenvalue weighted by Crippen LogP contribution is 2.20. The monoisotopic (exact) mass is 457 g/mol. The van der Waals surface area contributed by atoms with Gasteiger partial charge in [0.15, 0.2) is 11.0 Å².